The van der Waals surface area contributed by atoms with E-state index in [9.17, 15) is 4.79 Å². The summed E-state index contributed by atoms with van der Waals surface area (Å²) >= 11 is 0. The van der Waals surface area contributed by atoms with E-state index in [0.29, 0.717) is 12.1 Å². The Morgan fingerprint density at radius 1 is 1.14 bits per heavy atom. The Labute approximate surface area is 132 Å². The van der Waals surface area contributed by atoms with Gasteiger partial charge in [-0.1, -0.05) is 50.1 Å². The molecule has 1 aromatic heterocycles. The van der Waals surface area contributed by atoms with Crippen molar-refractivity contribution in [2.75, 3.05) is 11.9 Å². The normalized spacial score (nSPS) is 10.2. The van der Waals surface area contributed by atoms with Crippen LogP contribution in [-0.4, -0.2) is 17.4 Å². The standard InChI is InChI=1S/C18H23N3O/c1-2-3-7-11-19-17-13-16(10-12-20-17)18(22)21-14-15-8-5-4-6-9-15/h4-6,8-10,12-13H,2-3,7,11,14H2,1H3,(H,19,20)(H,21,22). The Hall–Kier alpha value is -2.36. The van der Waals surface area contributed by atoms with Crippen molar-refractivity contribution in [3.05, 3.63) is 59.8 Å². The molecule has 0 saturated carbocycles. The number of carbonyl (C=O) groups excluding carboxylic acids is 1. The van der Waals surface area contributed by atoms with Crippen molar-refractivity contribution < 1.29 is 4.79 Å². The first-order valence-corrected chi connectivity index (χ1v) is 7.81. The van der Waals surface area contributed by atoms with Crippen LogP contribution >= 0.6 is 0 Å². The van der Waals surface area contributed by atoms with Crippen LogP contribution in [0.5, 0.6) is 0 Å². The van der Waals surface area contributed by atoms with E-state index in [1.54, 1.807) is 18.3 Å². The van der Waals surface area contributed by atoms with Gasteiger partial charge >= 0.3 is 0 Å². The fourth-order valence-corrected chi connectivity index (χ4v) is 2.14. The number of benzene rings is 1. The summed E-state index contributed by atoms with van der Waals surface area (Å²) in [4.78, 5) is 16.4. The van der Waals surface area contributed by atoms with E-state index in [1.807, 2.05) is 30.3 Å². The molecule has 0 radical (unpaired) electrons. The highest BCUT2D eigenvalue weighted by Crippen LogP contribution is 2.08. The minimum absolute atomic E-state index is 0.0807. The summed E-state index contributed by atoms with van der Waals surface area (Å²) in [5.74, 6) is 0.673. The predicted octanol–water partition coefficient (Wildman–Crippen LogP) is 3.61. The van der Waals surface area contributed by atoms with Crippen molar-refractivity contribution in [1.29, 1.82) is 0 Å². The number of hydrogen-bond donors (Lipinski definition) is 2. The van der Waals surface area contributed by atoms with E-state index in [0.717, 1.165) is 24.3 Å². The fourth-order valence-electron chi connectivity index (χ4n) is 2.14. The average Bonchev–Trinajstić information content (AvgIpc) is 2.58. The van der Waals surface area contributed by atoms with Crippen molar-refractivity contribution in [1.82, 2.24) is 10.3 Å². The quantitative estimate of drug-likeness (QED) is 0.732. The topological polar surface area (TPSA) is 54.0 Å². The van der Waals surface area contributed by atoms with Crippen molar-refractivity contribution in [2.45, 2.75) is 32.7 Å². The van der Waals surface area contributed by atoms with Gasteiger partial charge in [0.1, 0.15) is 5.82 Å². The Morgan fingerprint density at radius 2 is 1.95 bits per heavy atom. The van der Waals surface area contributed by atoms with Crippen LogP contribution in [0.1, 0.15) is 42.1 Å². The summed E-state index contributed by atoms with van der Waals surface area (Å²) in [5.41, 5.74) is 1.71. The molecule has 116 valence electrons. The summed E-state index contributed by atoms with van der Waals surface area (Å²) in [6.45, 7) is 3.59. The lowest BCUT2D eigenvalue weighted by Gasteiger charge is -2.08. The van der Waals surface area contributed by atoms with Gasteiger partial charge in [-0.25, -0.2) is 4.98 Å². The van der Waals surface area contributed by atoms with E-state index in [4.69, 9.17) is 0 Å². The first kappa shape index (κ1) is 16.0. The molecule has 0 aliphatic heterocycles. The van der Waals surface area contributed by atoms with Crippen LogP contribution in [0.15, 0.2) is 48.7 Å². The van der Waals surface area contributed by atoms with E-state index < -0.39 is 0 Å². The van der Waals surface area contributed by atoms with Gasteiger partial charge in [0.05, 0.1) is 0 Å². The summed E-state index contributed by atoms with van der Waals surface area (Å²) in [6, 6.07) is 13.4. The third-order valence-corrected chi connectivity index (χ3v) is 3.40. The molecular weight excluding hydrogens is 274 g/mol. The van der Waals surface area contributed by atoms with E-state index in [1.165, 1.54) is 12.8 Å². The Bertz CT molecular complexity index is 584. The smallest absolute Gasteiger partial charge is 0.251 e. The molecule has 1 aromatic carbocycles. The van der Waals surface area contributed by atoms with Crippen LogP contribution in [0.2, 0.25) is 0 Å². The SMILES string of the molecule is CCCCCNc1cc(C(=O)NCc2ccccc2)ccn1. The third-order valence-electron chi connectivity index (χ3n) is 3.40. The number of nitrogens with one attached hydrogen (secondary N) is 2. The summed E-state index contributed by atoms with van der Waals surface area (Å²) < 4.78 is 0. The second-order valence-corrected chi connectivity index (χ2v) is 5.23. The van der Waals surface area contributed by atoms with Crippen LogP contribution in [0.25, 0.3) is 0 Å². The summed E-state index contributed by atoms with van der Waals surface area (Å²) in [7, 11) is 0. The fraction of sp³-hybridized carbons (Fsp3) is 0.333. The zero-order valence-corrected chi connectivity index (χ0v) is 13.0. The van der Waals surface area contributed by atoms with Crippen molar-refractivity contribution >= 4 is 11.7 Å². The van der Waals surface area contributed by atoms with Crippen molar-refractivity contribution in [3.63, 3.8) is 0 Å². The molecule has 2 N–H and O–H groups in total. The molecule has 2 rings (SSSR count). The van der Waals surface area contributed by atoms with Gasteiger partial charge in [-0.2, -0.15) is 0 Å². The zero-order valence-electron chi connectivity index (χ0n) is 13.0. The number of rotatable bonds is 8. The first-order valence-electron chi connectivity index (χ1n) is 7.81. The summed E-state index contributed by atoms with van der Waals surface area (Å²) in [5, 5.41) is 6.18. The molecule has 4 nitrogen and oxygen atoms in total. The highest BCUT2D eigenvalue weighted by Gasteiger charge is 2.06. The lowest BCUT2D eigenvalue weighted by Crippen LogP contribution is -2.23. The van der Waals surface area contributed by atoms with Gasteiger partial charge in [0.2, 0.25) is 0 Å². The maximum absolute atomic E-state index is 12.2. The monoisotopic (exact) mass is 297 g/mol. The van der Waals surface area contributed by atoms with Gasteiger partial charge < -0.3 is 10.6 Å². The lowest BCUT2D eigenvalue weighted by molar-refractivity contribution is 0.0951. The molecule has 0 fully saturated rings. The average molecular weight is 297 g/mol. The Balaban J connectivity index is 1.86. The number of pyridine rings is 1. The molecule has 22 heavy (non-hydrogen) atoms. The first-order chi connectivity index (χ1) is 10.8. The van der Waals surface area contributed by atoms with E-state index >= 15 is 0 Å². The number of anilines is 1. The van der Waals surface area contributed by atoms with Crippen LogP contribution in [0, 0.1) is 0 Å². The van der Waals surface area contributed by atoms with Crippen LogP contribution in [0.4, 0.5) is 5.82 Å². The van der Waals surface area contributed by atoms with Gasteiger partial charge in [0.15, 0.2) is 0 Å². The molecule has 0 saturated heterocycles. The second-order valence-electron chi connectivity index (χ2n) is 5.23. The van der Waals surface area contributed by atoms with Crippen molar-refractivity contribution in [3.8, 4) is 0 Å². The van der Waals surface area contributed by atoms with Gasteiger partial charge in [-0.3, -0.25) is 4.79 Å². The van der Waals surface area contributed by atoms with Gasteiger partial charge in [0, 0.05) is 24.8 Å². The lowest BCUT2D eigenvalue weighted by atomic mass is 10.2. The highest BCUT2D eigenvalue weighted by molar-refractivity contribution is 5.94. The number of hydrogen-bond acceptors (Lipinski definition) is 3. The number of aromatic nitrogens is 1. The Kier molecular flexibility index (Phi) is 6.42. The van der Waals surface area contributed by atoms with E-state index in [-0.39, 0.29) is 5.91 Å². The largest absolute Gasteiger partial charge is 0.370 e. The second kappa shape index (κ2) is 8.82. The number of nitrogens with zero attached hydrogens (tertiary/aromatic N) is 1. The minimum atomic E-state index is -0.0807. The third kappa shape index (κ3) is 5.20. The maximum atomic E-state index is 12.2. The highest BCUT2D eigenvalue weighted by atomic mass is 16.1. The molecule has 0 bridgehead atoms. The molecule has 1 amide bonds. The molecule has 0 aliphatic carbocycles. The zero-order chi connectivity index (χ0) is 15.6. The number of unbranched alkanes of at least 4 members (excludes halogenated alkanes) is 2. The van der Waals surface area contributed by atoms with Gasteiger partial charge in [0.25, 0.3) is 5.91 Å². The van der Waals surface area contributed by atoms with Gasteiger partial charge in [-0.15, -0.1) is 0 Å². The molecular formula is C18H23N3O. The van der Waals surface area contributed by atoms with Crippen LogP contribution in [-0.2, 0) is 6.54 Å². The van der Waals surface area contributed by atoms with E-state index in [2.05, 4.69) is 22.5 Å². The number of amides is 1. The number of carbonyl (C=O) groups is 1. The molecule has 0 aliphatic rings. The Morgan fingerprint density at radius 3 is 2.73 bits per heavy atom. The molecule has 1 heterocycles. The van der Waals surface area contributed by atoms with Crippen LogP contribution in [0.3, 0.4) is 0 Å². The molecule has 0 spiro atoms. The maximum Gasteiger partial charge on any atom is 0.251 e. The molecule has 2 aromatic rings. The summed E-state index contributed by atoms with van der Waals surface area (Å²) in [6.07, 6.45) is 5.17. The van der Waals surface area contributed by atoms with Crippen LogP contribution < -0.4 is 10.6 Å². The van der Waals surface area contributed by atoms with Crippen molar-refractivity contribution in [2.24, 2.45) is 0 Å². The predicted molar refractivity (Wildman–Crippen MR) is 89.9 cm³/mol. The minimum Gasteiger partial charge on any atom is -0.370 e. The molecule has 4 heteroatoms. The molecule has 0 unspecified atom stereocenters. The van der Waals surface area contributed by atoms with Gasteiger partial charge in [-0.05, 0) is 24.1 Å². The molecule has 0 atom stereocenters.